The van der Waals surface area contributed by atoms with Gasteiger partial charge >= 0.3 is 0 Å². The summed E-state index contributed by atoms with van der Waals surface area (Å²) < 4.78 is 41.2. The Balaban J connectivity index is 1.59. The Labute approximate surface area is 181 Å². The zero-order valence-electron chi connectivity index (χ0n) is 17.1. The molecule has 0 aliphatic rings. The molecule has 0 atom stereocenters. The molecule has 6 nitrogen and oxygen atoms in total. The number of anilines is 1. The molecule has 2 N–H and O–H groups in total. The van der Waals surface area contributed by atoms with E-state index in [4.69, 9.17) is 0 Å². The number of amides is 1. The van der Waals surface area contributed by atoms with Crippen LogP contribution in [0.15, 0.2) is 83.8 Å². The number of para-hydroxylation sites is 1. The highest BCUT2D eigenvalue weighted by Crippen LogP contribution is 2.19. The van der Waals surface area contributed by atoms with Gasteiger partial charge < -0.3 is 10.2 Å². The van der Waals surface area contributed by atoms with E-state index < -0.39 is 15.8 Å². The van der Waals surface area contributed by atoms with Crippen LogP contribution in [-0.2, 0) is 16.6 Å². The van der Waals surface area contributed by atoms with E-state index in [1.54, 1.807) is 0 Å². The van der Waals surface area contributed by atoms with Gasteiger partial charge in [-0.2, -0.15) is 0 Å². The van der Waals surface area contributed by atoms with Crippen molar-refractivity contribution in [2.45, 2.75) is 11.4 Å². The molecule has 3 aromatic rings. The van der Waals surface area contributed by atoms with Gasteiger partial charge in [0.25, 0.3) is 15.9 Å². The summed E-state index contributed by atoms with van der Waals surface area (Å²) in [5.41, 5.74) is 1.23. The number of likely N-dealkylation sites (N-methyl/N-ethyl adjacent to an activating group) is 1. The van der Waals surface area contributed by atoms with Gasteiger partial charge in [0.05, 0.1) is 10.6 Å². The molecule has 3 aromatic carbocycles. The highest BCUT2D eigenvalue weighted by molar-refractivity contribution is 7.92. The first-order valence-corrected chi connectivity index (χ1v) is 11.2. The summed E-state index contributed by atoms with van der Waals surface area (Å²) in [4.78, 5) is 14.4. The molecular weight excluding hydrogens is 417 g/mol. The summed E-state index contributed by atoms with van der Waals surface area (Å²) in [6.45, 7) is 1.80. The van der Waals surface area contributed by atoms with Crippen LogP contribution in [0.1, 0.15) is 15.9 Å². The standard InChI is InChI=1S/C23H24FN3O3S/c1-27(17-18-8-3-2-4-9-18)15-14-25-23(28)19-10-7-11-20(16-19)31(29,30)26-22-13-6-5-12-21(22)24/h2-13,16,26H,14-15,17H2,1H3,(H,25,28). The van der Waals surface area contributed by atoms with Crippen molar-refractivity contribution in [1.82, 2.24) is 10.2 Å². The van der Waals surface area contributed by atoms with E-state index in [1.165, 1.54) is 48.0 Å². The van der Waals surface area contributed by atoms with Crippen LogP contribution in [0, 0.1) is 5.82 Å². The van der Waals surface area contributed by atoms with Crippen molar-refractivity contribution in [1.29, 1.82) is 0 Å². The van der Waals surface area contributed by atoms with Gasteiger partial charge in [0.1, 0.15) is 5.82 Å². The Morgan fingerprint density at radius 1 is 0.968 bits per heavy atom. The van der Waals surface area contributed by atoms with E-state index in [0.29, 0.717) is 13.1 Å². The third-order valence-electron chi connectivity index (χ3n) is 4.60. The molecule has 0 aromatic heterocycles. The quantitative estimate of drug-likeness (QED) is 0.533. The second-order valence-corrected chi connectivity index (χ2v) is 8.77. The SMILES string of the molecule is CN(CCNC(=O)c1cccc(S(=O)(=O)Nc2ccccc2F)c1)Cc1ccccc1. The maximum atomic E-state index is 13.8. The third kappa shape index (κ3) is 6.37. The maximum Gasteiger partial charge on any atom is 0.262 e. The zero-order chi connectivity index (χ0) is 22.3. The fourth-order valence-electron chi connectivity index (χ4n) is 2.99. The predicted molar refractivity (Wildman–Crippen MR) is 119 cm³/mol. The minimum atomic E-state index is -4.04. The van der Waals surface area contributed by atoms with Crippen molar-refractivity contribution in [3.63, 3.8) is 0 Å². The van der Waals surface area contributed by atoms with Gasteiger partial charge in [-0.05, 0) is 42.9 Å². The Hall–Kier alpha value is -3.23. The molecule has 0 unspecified atom stereocenters. The van der Waals surface area contributed by atoms with E-state index >= 15 is 0 Å². The molecule has 162 valence electrons. The van der Waals surface area contributed by atoms with Crippen molar-refractivity contribution in [3.05, 3.63) is 95.8 Å². The number of nitrogens with one attached hydrogen (secondary N) is 2. The molecule has 31 heavy (non-hydrogen) atoms. The highest BCUT2D eigenvalue weighted by Gasteiger charge is 2.18. The monoisotopic (exact) mass is 441 g/mol. The van der Waals surface area contributed by atoms with Crippen LogP contribution in [0.5, 0.6) is 0 Å². The lowest BCUT2D eigenvalue weighted by atomic mass is 10.2. The molecule has 0 aliphatic carbocycles. The van der Waals surface area contributed by atoms with Crippen LogP contribution in [0.2, 0.25) is 0 Å². The third-order valence-corrected chi connectivity index (χ3v) is 5.96. The molecule has 0 saturated carbocycles. The lowest BCUT2D eigenvalue weighted by Gasteiger charge is -2.17. The molecule has 0 aliphatic heterocycles. The molecule has 3 rings (SSSR count). The minimum absolute atomic E-state index is 0.121. The van der Waals surface area contributed by atoms with Crippen LogP contribution in [-0.4, -0.2) is 39.4 Å². The molecule has 0 radical (unpaired) electrons. The van der Waals surface area contributed by atoms with Crippen LogP contribution in [0.4, 0.5) is 10.1 Å². The Bertz CT molecular complexity index is 1140. The Morgan fingerprint density at radius 2 is 1.68 bits per heavy atom. The van der Waals surface area contributed by atoms with Gasteiger partial charge in [-0.15, -0.1) is 0 Å². The highest BCUT2D eigenvalue weighted by atomic mass is 32.2. The van der Waals surface area contributed by atoms with Crippen molar-refractivity contribution in [3.8, 4) is 0 Å². The number of hydrogen-bond acceptors (Lipinski definition) is 4. The predicted octanol–water partition coefficient (Wildman–Crippen LogP) is 3.49. The van der Waals surface area contributed by atoms with Crippen LogP contribution in [0.25, 0.3) is 0 Å². The summed E-state index contributed by atoms with van der Waals surface area (Å²) in [7, 11) is -2.08. The summed E-state index contributed by atoms with van der Waals surface area (Å²) in [6.07, 6.45) is 0. The molecule has 0 heterocycles. The number of carbonyl (C=O) groups excluding carboxylic acids is 1. The van der Waals surface area contributed by atoms with Crippen molar-refractivity contribution in [2.75, 3.05) is 24.9 Å². The number of halogens is 1. The van der Waals surface area contributed by atoms with Crippen LogP contribution < -0.4 is 10.0 Å². The average molecular weight is 442 g/mol. The van der Waals surface area contributed by atoms with Crippen molar-refractivity contribution < 1.29 is 17.6 Å². The van der Waals surface area contributed by atoms with E-state index in [0.717, 1.165) is 12.6 Å². The fraction of sp³-hybridized carbons (Fsp3) is 0.174. The van der Waals surface area contributed by atoms with Crippen LogP contribution in [0.3, 0.4) is 0 Å². The van der Waals surface area contributed by atoms with Gasteiger partial charge in [0, 0.05) is 25.2 Å². The second kappa shape index (κ2) is 10.2. The fourth-order valence-corrected chi connectivity index (χ4v) is 4.10. The molecule has 0 fully saturated rings. The number of benzene rings is 3. The number of hydrogen-bond donors (Lipinski definition) is 2. The van der Waals surface area contributed by atoms with Gasteiger partial charge in [-0.25, -0.2) is 12.8 Å². The molecular formula is C23H24FN3O3S. The van der Waals surface area contributed by atoms with Gasteiger partial charge in [0.2, 0.25) is 0 Å². The van der Waals surface area contributed by atoms with E-state index in [-0.39, 0.29) is 22.1 Å². The lowest BCUT2D eigenvalue weighted by molar-refractivity contribution is 0.0949. The molecule has 1 amide bonds. The second-order valence-electron chi connectivity index (χ2n) is 7.09. The van der Waals surface area contributed by atoms with Gasteiger partial charge in [-0.1, -0.05) is 48.5 Å². The first-order chi connectivity index (χ1) is 14.8. The summed E-state index contributed by atoms with van der Waals surface area (Å²) in [5.74, 6) is -1.06. The van der Waals surface area contributed by atoms with E-state index in [9.17, 15) is 17.6 Å². The van der Waals surface area contributed by atoms with E-state index in [2.05, 4.69) is 14.9 Å². The Kier molecular flexibility index (Phi) is 7.38. The molecule has 0 spiro atoms. The summed E-state index contributed by atoms with van der Waals surface area (Å²) in [5, 5.41) is 2.80. The van der Waals surface area contributed by atoms with Gasteiger partial charge in [0.15, 0.2) is 0 Å². The maximum absolute atomic E-state index is 13.8. The average Bonchev–Trinajstić information content (AvgIpc) is 2.76. The summed E-state index contributed by atoms with van der Waals surface area (Å²) >= 11 is 0. The number of sulfonamides is 1. The first-order valence-electron chi connectivity index (χ1n) is 9.73. The van der Waals surface area contributed by atoms with E-state index in [1.807, 2.05) is 37.4 Å². The Morgan fingerprint density at radius 3 is 2.42 bits per heavy atom. The van der Waals surface area contributed by atoms with Gasteiger partial charge in [-0.3, -0.25) is 9.52 Å². The topological polar surface area (TPSA) is 78.5 Å². The smallest absolute Gasteiger partial charge is 0.262 e. The number of rotatable bonds is 9. The molecule has 0 saturated heterocycles. The molecule has 8 heteroatoms. The summed E-state index contributed by atoms with van der Waals surface area (Å²) in [6, 6.07) is 21.1. The van der Waals surface area contributed by atoms with Crippen molar-refractivity contribution >= 4 is 21.6 Å². The number of carbonyl (C=O) groups is 1. The minimum Gasteiger partial charge on any atom is -0.351 e. The largest absolute Gasteiger partial charge is 0.351 e. The van der Waals surface area contributed by atoms with Crippen molar-refractivity contribution in [2.24, 2.45) is 0 Å². The lowest BCUT2D eigenvalue weighted by Crippen LogP contribution is -2.32. The molecule has 0 bridgehead atoms. The normalized spacial score (nSPS) is 11.3. The van der Waals surface area contributed by atoms with Crippen LogP contribution >= 0.6 is 0 Å². The number of nitrogens with zero attached hydrogens (tertiary/aromatic N) is 1. The first kappa shape index (κ1) is 22.5. The zero-order valence-corrected chi connectivity index (χ0v) is 17.9.